The molecule has 1 aromatic heterocycles. The molecule has 1 saturated carbocycles. The number of nitrogens with zero attached hydrogens (tertiary/aromatic N) is 1. The van der Waals surface area contributed by atoms with Crippen LogP contribution < -0.4 is 16.3 Å². The standard InChI is InChI=1S/C17H27BN2O3/c1-16(2)17(3,4)23-18(22-16)13-10-20(6)14(21)9-12(13)15(19-5)11-7-8-11/h9-11,15,19H,7-8H2,1-6H3/t15-/m0/s1. The lowest BCUT2D eigenvalue weighted by atomic mass is 9.74. The van der Waals surface area contributed by atoms with Crippen molar-refractivity contribution >= 4 is 12.6 Å². The third-order valence-corrected chi connectivity index (χ3v) is 5.54. The Morgan fingerprint density at radius 3 is 2.30 bits per heavy atom. The Hall–Kier alpha value is -1.11. The SMILES string of the molecule is CN[C@H](c1cc(=O)n(C)cc1B1OC(C)(C)C(C)(C)O1)C1CC1. The molecule has 126 valence electrons. The van der Waals surface area contributed by atoms with E-state index in [1.54, 1.807) is 17.7 Å². The lowest BCUT2D eigenvalue weighted by Crippen LogP contribution is -2.42. The quantitative estimate of drug-likeness (QED) is 0.852. The predicted molar refractivity (Wildman–Crippen MR) is 91.9 cm³/mol. The molecule has 0 spiro atoms. The highest BCUT2D eigenvalue weighted by Crippen LogP contribution is 2.41. The fourth-order valence-corrected chi connectivity index (χ4v) is 3.18. The fourth-order valence-electron chi connectivity index (χ4n) is 3.18. The third-order valence-electron chi connectivity index (χ3n) is 5.54. The van der Waals surface area contributed by atoms with Crippen molar-refractivity contribution in [1.29, 1.82) is 0 Å². The van der Waals surface area contributed by atoms with Gasteiger partial charge in [0.1, 0.15) is 0 Å². The van der Waals surface area contributed by atoms with Crippen molar-refractivity contribution in [2.75, 3.05) is 7.05 Å². The van der Waals surface area contributed by atoms with E-state index in [0.29, 0.717) is 5.92 Å². The van der Waals surface area contributed by atoms with E-state index in [9.17, 15) is 4.79 Å². The molecule has 6 heteroatoms. The molecule has 1 saturated heterocycles. The molecular weight excluding hydrogens is 291 g/mol. The van der Waals surface area contributed by atoms with Crippen molar-refractivity contribution in [2.45, 2.75) is 57.8 Å². The highest BCUT2D eigenvalue weighted by atomic mass is 16.7. The molecule has 0 unspecified atom stereocenters. The van der Waals surface area contributed by atoms with E-state index in [1.807, 2.05) is 40.9 Å². The smallest absolute Gasteiger partial charge is 0.399 e. The number of aryl methyl sites for hydroxylation is 1. The van der Waals surface area contributed by atoms with Gasteiger partial charge in [0.2, 0.25) is 0 Å². The second-order valence-corrected chi connectivity index (χ2v) is 7.83. The zero-order valence-corrected chi connectivity index (χ0v) is 15.0. The van der Waals surface area contributed by atoms with Gasteiger partial charge in [0.15, 0.2) is 0 Å². The number of hydrogen-bond donors (Lipinski definition) is 1. The second-order valence-electron chi connectivity index (χ2n) is 7.83. The zero-order chi connectivity index (χ0) is 17.0. The first kappa shape index (κ1) is 16.7. The fraction of sp³-hybridized carbons (Fsp3) is 0.706. The van der Waals surface area contributed by atoms with Gasteiger partial charge in [-0.1, -0.05) is 0 Å². The Morgan fingerprint density at radius 2 is 1.83 bits per heavy atom. The Morgan fingerprint density at radius 1 is 1.26 bits per heavy atom. The van der Waals surface area contributed by atoms with E-state index in [4.69, 9.17) is 9.31 Å². The van der Waals surface area contributed by atoms with Crippen molar-refractivity contribution in [2.24, 2.45) is 13.0 Å². The zero-order valence-electron chi connectivity index (χ0n) is 15.0. The molecule has 23 heavy (non-hydrogen) atoms. The summed E-state index contributed by atoms with van der Waals surface area (Å²) in [5.74, 6) is 0.591. The maximum absolute atomic E-state index is 12.2. The van der Waals surface area contributed by atoms with E-state index in [0.717, 1.165) is 11.0 Å². The Balaban J connectivity index is 2.05. The summed E-state index contributed by atoms with van der Waals surface area (Å²) in [7, 11) is 3.28. The number of pyridine rings is 1. The van der Waals surface area contributed by atoms with Crippen molar-refractivity contribution in [3.05, 3.63) is 28.2 Å². The lowest BCUT2D eigenvalue weighted by Gasteiger charge is -2.32. The highest BCUT2D eigenvalue weighted by Gasteiger charge is 2.53. The summed E-state index contributed by atoms with van der Waals surface area (Å²) >= 11 is 0. The molecule has 0 amide bonds. The molecule has 0 bridgehead atoms. The molecule has 1 aromatic rings. The summed E-state index contributed by atoms with van der Waals surface area (Å²) in [6.45, 7) is 8.19. The minimum atomic E-state index is -0.448. The van der Waals surface area contributed by atoms with Gasteiger partial charge in [0, 0.05) is 30.8 Å². The minimum Gasteiger partial charge on any atom is -0.399 e. The van der Waals surface area contributed by atoms with Crippen LogP contribution in [0.1, 0.15) is 52.1 Å². The highest BCUT2D eigenvalue weighted by molar-refractivity contribution is 6.62. The average Bonchev–Trinajstić information content (AvgIpc) is 3.23. The molecule has 2 fully saturated rings. The minimum absolute atomic E-state index is 0.00108. The summed E-state index contributed by atoms with van der Waals surface area (Å²) in [6.07, 6.45) is 4.26. The molecule has 2 aliphatic rings. The topological polar surface area (TPSA) is 52.5 Å². The van der Waals surface area contributed by atoms with Crippen molar-refractivity contribution in [3.63, 3.8) is 0 Å². The summed E-state index contributed by atoms with van der Waals surface area (Å²) in [5.41, 5.74) is 1.19. The van der Waals surface area contributed by atoms with E-state index < -0.39 is 18.3 Å². The molecule has 1 N–H and O–H groups in total. The predicted octanol–water partition coefficient (Wildman–Crippen LogP) is 1.35. The van der Waals surface area contributed by atoms with Crippen LogP contribution in [-0.4, -0.2) is 29.9 Å². The first-order chi connectivity index (χ1) is 10.7. The Bertz CT molecular complexity index is 648. The summed E-state index contributed by atoms with van der Waals surface area (Å²) in [5, 5.41) is 3.37. The molecule has 1 aliphatic carbocycles. The summed E-state index contributed by atoms with van der Waals surface area (Å²) in [4.78, 5) is 12.2. The Kier molecular flexibility index (Phi) is 3.98. The van der Waals surface area contributed by atoms with Crippen molar-refractivity contribution in [1.82, 2.24) is 9.88 Å². The Labute approximate surface area is 138 Å². The van der Waals surface area contributed by atoms with Gasteiger partial charge in [-0.15, -0.1) is 0 Å². The molecule has 0 aromatic carbocycles. The molecule has 5 nitrogen and oxygen atoms in total. The molecule has 1 aliphatic heterocycles. The van der Waals surface area contributed by atoms with Gasteiger partial charge in [-0.25, -0.2) is 0 Å². The van der Waals surface area contributed by atoms with Crippen LogP contribution in [0.3, 0.4) is 0 Å². The third kappa shape index (κ3) is 2.88. The summed E-state index contributed by atoms with van der Waals surface area (Å²) < 4.78 is 14.0. The monoisotopic (exact) mass is 318 g/mol. The van der Waals surface area contributed by atoms with Crippen molar-refractivity contribution < 1.29 is 9.31 Å². The van der Waals surface area contributed by atoms with E-state index in [-0.39, 0.29) is 11.6 Å². The largest absolute Gasteiger partial charge is 0.496 e. The van der Waals surface area contributed by atoms with Crippen LogP contribution in [0.5, 0.6) is 0 Å². The van der Waals surface area contributed by atoms with Gasteiger partial charge in [-0.2, -0.15) is 0 Å². The van der Waals surface area contributed by atoms with E-state index >= 15 is 0 Å². The number of rotatable bonds is 4. The van der Waals surface area contributed by atoms with E-state index in [1.165, 1.54) is 12.8 Å². The summed E-state index contributed by atoms with van der Waals surface area (Å²) in [6, 6.07) is 1.91. The van der Waals surface area contributed by atoms with Gasteiger partial charge in [0.05, 0.1) is 11.2 Å². The van der Waals surface area contributed by atoms with Gasteiger partial charge in [-0.05, 0) is 59.1 Å². The van der Waals surface area contributed by atoms with Crippen LogP contribution in [0.25, 0.3) is 0 Å². The van der Waals surface area contributed by atoms with Gasteiger partial charge in [-0.3, -0.25) is 4.79 Å². The molecule has 3 rings (SSSR count). The molecule has 0 radical (unpaired) electrons. The first-order valence-corrected chi connectivity index (χ1v) is 8.39. The molecule has 1 atom stereocenters. The number of aromatic nitrogens is 1. The van der Waals surface area contributed by atoms with Crippen molar-refractivity contribution in [3.8, 4) is 0 Å². The van der Waals surface area contributed by atoms with Crippen LogP contribution >= 0.6 is 0 Å². The molecule has 2 heterocycles. The second kappa shape index (κ2) is 5.47. The maximum atomic E-state index is 12.2. The van der Waals surface area contributed by atoms with Crippen LogP contribution in [0.4, 0.5) is 0 Å². The lowest BCUT2D eigenvalue weighted by molar-refractivity contribution is 0.00578. The van der Waals surface area contributed by atoms with Crippen LogP contribution in [0.15, 0.2) is 17.1 Å². The molecular formula is C17H27BN2O3. The van der Waals surface area contributed by atoms with E-state index in [2.05, 4.69) is 5.32 Å². The van der Waals surface area contributed by atoms with Gasteiger partial charge >= 0.3 is 7.12 Å². The van der Waals surface area contributed by atoms with Gasteiger partial charge in [0.25, 0.3) is 5.56 Å². The van der Waals surface area contributed by atoms with Crippen LogP contribution in [-0.2, 0) is 16.4 Å². The normalized spacial score (nSPS) is 24.0. The van der Waals surface area contributed by atoms with Gasteiger partial charge < -0.3 is 19.2 Å². The maximum Gasteiger partial charge on any atom is 0.496 e. The van der Waals surface area contributed by atoms with Crippen LogP contribution in [0, 0.1) is 5.92 Å². The average molecular weight is 318 g/mol. The number of nitrogens with one attached hydrogen (secondary N) is 1. The number of hydrogen-bond acceptors (Lipinski definition) is 4. The first-order valence-electron chi connectivity index (χ1n) is 8.39. The van der Waals surface area contributed by atoms with Crippen LogP contribution in [0.2, 0.25) is 0 Å².